The Hall–Kier alpha value is -1.98. The molecule has 0 saturated carbocycles. The highest BCUT2D eigenvalue weighted by Gasteiger charge is 2.29. The zero-order chi connectivity index (χ0) is 15.6. The third-order valence-corrected chi connectivity index (χ3v) is 3.80. The lowest BCUT2D eigenvalue weighted by molar-refractivity contribution is -0.122. The van der Waals surface area contributed by atoms with E-state index in [1.54, 1.807) is 6.07 Å². The van der Waals surface area contributed by atoms with Gasteiger partial charge in [-0.25, -0.2) is 0 Å². The van der Waals surface area contributed by atoms with Crippen molar-refractivity contribution in [2.45, 2.75) is 45.8 Å². The van der Waals surface area contributed by atoms with Gasteiger partial charge in [-0.1, -0.05) is 0 Å². The molecular formula is C15H24N4O2. The van der Waals surface area contributed by atoms with Gasteiger partial charge in [0.2, 0.25) is 11.8 Å². The summed E-state index contributed by atoms with van der Waals surface area (Å²) in [6.07, 6.45) is 1.75. The Morgan fingerprint density at radius 3 is 2.76 bits per heavy atom. The number of aromatic nitrogens is 1. The van der Waals surface area contributed by atoms with Crippen molar-refractivity contribution in [1.29, 1.82) is 0 Å². The molecule has 0 aromatic carbocycles. The Morgan fingerprint density at radius 2 is 2.14 bits per heavy atom. The van der Waals surface area contributed by atoms with Crippen molar-refractivity contribution in [1.82, 2.24) is 4.98 Å². The third-order valence-electron chi connectivity index (χ3n) is 3.80. The molecule has 0 bridgehead atoms. The second kappa shape index (κ2) is 6.20. The molecule has 21 heavy (non-hydrogen) atoms. The maximum absolute atomic E-state index is 11.4. The number of rotatable bonds is 4. The lowest BCUT2D eigenvalue weighted by atomic mass is 9.93. The van der Waals surface area contributed by atoms with Crippen LogP contribution < -0.4 is 21.1 Å². The van der Waals surface area contributed by atoms with Crippen molar-refractivity contribution in [2.24, 2.45) is 11.7 Å². The molecule has 1 aromatic heterocycles. The maximum Gasteiger partial charge on any atom is 0.239 e. The molecule has 0 spiro atoms. The summed E-state index contributed by atoms with van der Waals surface area (Å²) in [6, 6.07) is 3.96. The largest absolute Gasteiger partial charge is 0.473 e. The monoisotopic (exact) mass is 292 g/mol. The quantitative estimate of drug-likeness (QED) is 0.877. The topological polar surface area (TPSA) is 94.5 Å². The van der Waals surface area contributed by atoms with Crippen LogP contribution in [-0.2, 0) is 4.79 Å². The van der Waals surface area contributed by atoms with E-state index < -0.39 is 0 Å². The number of nitrogens with zero attached hydrogens (tertiary/aromatic N) is 2. The number of amides is 1. The van der Waals surface area contributed by atoms with E-state index in [2.05, 4.69) is 16.8 Å². The van der Waals surface area contributed by atoms with E-state index in [1.165, 1.54) is 0 Å². The van der Waals surface area contributed by atoms with Gasteiger partial charge in [0.05, 0.1) is 17.7 Å². The Morgan fingerprint density at radius 1 is 1.43 bits per heavy atom. The van der Waals surface area contributed by atoms with Gasteiger partial charge in [-0.15, -0.1) is 0 Å². The maximum atomic E-state index is 11.4. The minimum atomic E-state index is -0.249. The van der Waals surface area contributed by atoms with Crippen LogP contribution in [0.1, 0.15) is 33.6 Å². The fourth-order valence-electron chi connectivity index (χ4n) is 2.58. The van der Waals surface area contributed by atoms with Crippen LogP contribution in [0.5, 0.6) is 5.88 Å². The average Bonchev–Trinajstić information content (AvgIpc) is 2.41. The van der Waals surface area contributed by atoms with Gasteiger partial charge in [0.15, 0.2) is 0 Å². The van der Waals surface area contributed by atoms with Crippen LogP contribution >= 0.6 is 0 Å². The first-order chi connectivity index (χ1) is 9.88. The number of piperidine rings is 1. The van der Waals surface area contributed by atoms with E-state index in [9.17, 15) is 4.79 Å². The highest BCUT2D eigenvalue weighted by atomic mass is 16.5. The highest BCUT2D eigenvalue weighted by molar-refractivity contribution is 5.77. The number of carbonyl (C=O) groups is 1. The van der Waals surface area contributed by atoms with E-state index in [-0.39, 0.29) is 17.9 Å². The second-order valence-electron chi connectivity index (χ2n) is 5.91. The van der Waals surface area contributed by atoms with Crippen molar-refractivity contribution in [3.63, 3.8) is 0 Å². The molecule has 2 heterocycles. The Kier molecular flexibility index (Phi) is 4.55. The molecule has 0 radical (unpaired) electrons. The van der Waals surface area contributed by atoms with Gasteiger partial charge in [-0.05, 0) is 45.7 Å². The van der Waals surface area contributed by atoms with Crippen LogP contribution in [0.4, 0.5) is 11.5 Å². The number of ether oxygens (including phenoxy) is 1. The highest BCUT2D eigenvalue weighted by Crippen LogP contribution is 2.30. The van der Waals surface area contributed by atoms with Crippen LogP contribution in [0.25, 0.3) is 0 Å². The van der Waals surface area contributed by atoms with E-state index in [0.29, 0.717) is 24.2 Å². The molecule has 1 aliphatic rings. The second-order valence-corrected chi connectivity index (χ2v) is 5.91. The van der Waals surface area contributed by atoms with Gasteiger partial charge < -0.3 is 21.1 Å². The third kappa shape index (κ3) is 3.56. The van der Waals surface area contributed by atoms with Gasteiger partial charge in [0, 0.05) is 12.6 Å². The summed E-state index contributed by atoms with van der Waals surface area (Å²) in [5.41, 5.74) is 11.9. The molecule has 1 fully saturated rings. The zero-order valence-corrected chi connectivity index (χ0v) is 12.9. The van der Waals surface area contributed by atoms with Crippen LogP contribution in [0, 0.1) is 5.92 Å². The molecule has 4 N–H and O–H groups in total. The molecule has 2 unspecified atom stereocenters. The Balaban J connectivity index is 2.25. The van der Waals surface area contributed by atoms with Gasteiger partial charge in [-0.2, -0.15) is 4.98 Å². The number of hydrogen-bond donors (Lipinski definition) is 2. The Labute approximate surface area is 125 Å². The molecule has 1 aliphatic heterocycles. The SMILES string of the molecule is CC(C)Oc1nc(N2CC(C(N)=O)CCC2C)ccc1N. The van der Waals surface area contributed by atoms with Crippen LogP contribution in [0.3, 0.4) is 0 Å². The van der Waals surface area contributed by atoms with E-state index >= 15 is 0 Å². The fourth-order valence-corrected chi connectivity index (χ4v) is 2.58. The van der Waals surface area contributed by atoms with E-state index in [1.807, 2.05) is 19.9 Å². The first kappa shape index (κ1) is 15.4. The summed E-state index contributed by atoms with van der Waals surface area (Å²) in [4.78, 5) is 18.0. The fraction of sp³-hybridized carbons (Fsp3) is 0.600. The number of nitrogens with two attached hydrogens (primary N) is 2. The molecule has 2 atom stereocenters. The lowest BCUT2D eigenvalue weighted by Crippen LogP contribution is -2.46. The molecular weight excluding hydrogens is 268 g/mol. The smallest absolute Gasteiger partial charge is 0.239 e. The normalized spacial score (nSPS) is 22.4. The van der Waals surface area contributed by atoms with E-state index in [0.717, 1.165) is 18.7 Å². The minimum Gasteiger partial charge on any atom is -0.473 e. The van der Waals surface area contributed by atoms with Crippen LogP contribution in [-0.4, -0.2) is 29.6 Å². The lowest BCUT2D eigenvalue weighted by Gasteiger charge is -2.37. The first-order valence-corrected chi connectivity index (χ1v) is 7.37. The van der Waals surface area contributed by atoms with Crippen molar-refractivity contribution in [2.75, 3.05) is 17.2 Å². The van der Waals surface area contributed by atoms with E-state index in [4.69, 9.17) is 16.2 Å². The number of nitrogen functional groups attached to an aromatic ring is 1. The summed E-state index contributed by atoms with van der Waals surface area (Å²) in [5, 5.41) is 0. The zero-order valence-electron chi connectivity index (χ0n) is 12.9. The molecule has 2 rings (SSSR count). The van der Waals surface area contributed by atoms with Gasteiger partial charge in [0.25, 0.3) is 0 Å². The molecule has 1 aromatic rings. The molecule has 0 aliphatic carbocycles. The number of primary amides is 1. The first-order valence-electron chi connectivity index (χ1n) is 7.37. The summed E-state index contributed by atoms with van der Waals surface area (Å²) >= 11 is 0. The van der Waals surface area contributed by atoms with Gasteiger partial charge in [-0.3, -0.25) is 4.79 Å². The number of anilines is 2. The summed E-state index contributed by atoms with van der Waals surface area (Å²) in [7, 11) is 0. The molecule has 1 amide bonds. The van der Waals surface area contributed by atoms with Crippen molar-refractivity contribution in [3.05, 3.63) is 12.1 Å². The summed E-state index contributed by atoms with van der Waals surface area (Å²) in [5.74, 6) is 0.838. The predicted octanol–water partition coefficient (Wildman–Crippen LogP) is 1.54. The summed E-state index contributed by atoms with van der Waals surface area (Å²) in [6.45, 7) is 6.58. The minimum absolute atomic E-state index is 0.00666. The molecule has 6 heteroatoms. The van der Waals surface area contributed by atoms with Gasteiger partial charge in [0.1, 0.15) is 5.82 Å². The predicted molar refractivity (Wildman–Crippen MR) is 83.1 cm³/mol. The van der Waals surface area contributed by atoms with Crippen molar-refractivity contribution < 1.29 is 9.53 Å². The number of pyridine rings is 1. The van der Waals surface area contributed by atoms with Crippen LogP contribution in [0.2, 0.25) is 0 Å². The van der Waals surface area contributed by atoms with Crippen molar-refractivity contribution in [3.8, 4) is 5.88 Å². The number of carbonyl (C=O) groups excluding carboxylic acids is 1. The molecule has 6 nitrogen and oxygen atoms in total. The average molecular weight is 292 g/mol. The Bertz CT molecular complexity index is 518. The molecule has 1 saturated heterocycles. The van der Waals surface area contributed by atoms with Crippen molar-refractivity contribution >= 4 is 17.4 Å². The standard InChI is InChI=1S/C15H24N4O2/c1-9(2)21-15-12(16)6-7-13(18-15)19-8-11(14(17)20)5-4-10(19)3/h6-7,9-11H,4-5,8,16H2,1-3H3,(H2,17,20). The van der Waals surface area contributed by atoms with Crippen LogP contribution in [0.15, 0.2) is 12.1 Å². The van der Waals surface area contributed by atoms with Gasteiger partial charge >= 0.3 is 0 Å². The number of hydrogen-bond acceptors (Lipinski definition) is 5. The summed E-state index contributed by atoms with van der Waals surface area (Å²) < 4.78 is 5.63. The molecule has 116 valence electrons.